The van der Waals surface area contributed by atoms with E-state index in [0.29, 0.717) is 16.4 Å². The second-order valence-corrected chi connectivity index (χ2v) is 7.44. The summed E-state index contributed by atoms with van der Waals surface area (Å²) in [6, 6.07) is 12.7. The number of esters is 1. The number of nitrogens with zero attached hydrogens (tertiary/aromatic N) is 2. The summed E-state index contributed by atoms with van der Waals surface area (Å²) in [5.74, 6) is -1.49. The Morgan fingerprint density at radius 3 is 2.44 bits per heavy atom. The van der Waals surface area contributed by atoms with Crippen LogP contribution in [0.2, 0.25) is 10.0 Å². The largest absolute Gasteiger partial charge is 0.481 e. The van der Waals surface area contributed by atoms with Gasteiger partial charge in [0.15, 0.2) is 12.4 Å². The Labute approximate surface area is 193 Å². The third kappa shape index (κ3) is 5.66. The monoisotopic (exact) mass is 475 g/mol. The highest BCUT2D eigenvalue weighted by Crippen LogP contribution is 2.25. The van der Waals surface area contributed by atoms with Gasteiger partial charge in [0, 0.05) is 5.69 Å². The molecule has 0 fully saturated rings. The molecule has 3 aromatic rings. The van der Waals surface area contributed by atoms with Crippen LogP contribution in [0.5, 0.6) is 5.75 Å². The molecule has 0 bridgehead atoms. The van der Waals surface area contributed by atoms with Gasteiger partial charge in [0.2, 0.25) is 5.69 Å². The second kappa shape index (κ2) is 10.3. The molecule has 3 rings (SSSR count). The molecule has 1 heterocycles. The van der Waals surface area contributed by atoms with Crippen LogP contribution in [0.4, 0.5) is 5.69 Å². The molecule has 1 aromatic heterocycles. The number of rotatable bonds is 7. The molecule has 0 saturated carbocycles. The zero-order valence-electron chi connectivity index (χ0n) is 17.2. The van der Waals surface area contributed by atoms with Crippen molar-refractivity contribution in [3.63, 3.8) is 0 Å². The molecule has 10 heteroatoms. The van der Waals surface area contributed by atoms with Gasteiger partial charge in [-0.3, -0.25) is 9.59 Å². The first-order valence-corrected chi connectivity index (χ1v) is 10.3. The SMILES string of the molecule is CCOC(=O)c1nn(-c2ccc(C)cc2)c(=O)cc1OCC(=O)Nc1ccc(Cl)c(Cl)c1. The van der Waals surface area contributed by atoms with Gasteiger partial charge in [0.1, 0.15) is 0 Å². The molecule has 0 spiro atoms. The zero-order valence-corrected chi connectivity index (χ0v) is 18.7. The summed E-state index contributed by atoms with van der Waals surface area (Å²) in [5, 5.41) is 7.32. The summed E-state index contributed by atoms with van der Waals surface area (Å²) in [6.45, 7) is 3.16. The lowest BCUT2D eigenvalue weighted by Crippen LogP contribution is -2.27. The van der Waals surface area contributed by atoms with E-state index in [-0.39, 0.29) is 23.1 Å². The van der Waals surface area contributed by atoms with E-state index in [1.807, 2.05) is 19.1 Å². The number of ether oxygens (including phenoxy) is 2. The van der Waals surface area contributed by atoms with Gasteiger partial charge in [-0.2, -0.15) is 9.78 Å². The first-order valence-electron chi connectivity index (χ1n) is 9.54. The van der Waals surface area contributed by atoms with E-state index in [4.69, 9.17) is 32.7 Å². The number of hydrogen-bond acceptors (Lipinski definition) is 6. The molecule has 166 valence electrons. The number of aromatic nitrogens is 2. The summed E-state index contributed by atoms with van der Waals surface area (Å²) < 4.78 is 11.5. The van der Waals surface area contributed by atoms with Crippen molar-refractivity contribution in [3.05, 3.63) is 80.2 Å². The van der Waals surface area contributed by atoms with E-state index in [1.54, 1.807) is 25.1 Å². The summed E-state index contributed by atoms with van der Waals surface area (Å²) in [6.07, 6.45) is 0. The average Bonchev–Trinajstić information content (AvgIpc) is 2.76. The fourth-order valence-electron chi connectivity index (χ4n) is 2.68. The molecule has 0 atom stereocenters. The normalized spacial score (nSPS) is 10.5. The standard InChI is InChI=1S/C22H19Cl2N3O5/c1-3-31-22(30)21-18(11-20(29)27(26-21)15-7-4-13(2)5-8-15)32-12-19(28)25-14-6-9-16(23)17(24)10-14/h4-11H,3,12H2,1-2H3,(H,25,28). The summed E-state index contributed by atoms with van der Waals surface area (Å²) in [5.41, 5.74) is 1.11. The minimum absolute atomic E-state index is 0.0986. The minimum Gasteiger partial charge on any atom is -0.481 e. The van der Waals surface area contributed by atoms with E-state index >= 15 is 0 Å². The number of amides is 1. The van der Waals surface area contributed by atoms with Crippen molar-refractivity contribution in [1.29, 1.82) is 0 Å². The first kappa shape index (κ1) is 23.3. The van der Waals surface area contributed by atoms with Crippen LogP contribution < -0.4 is 15.6 Å². The van der Waals surface area contributed by atoms with E-state index in [1.165, 1.54) is 12.1 Å². The molecular formula is C22H19Cl2N3O5. The fourth-order valence-corrected chi connectivity index (χ4v) is 2.97. The summed E-state index contributed by atoms with van der Waals surface area (Å²) >= 11 is 11.8. The lowest BCUT2D eigenvalue weighted by Gasteiger charge is -2.13. The van der Waals surface area contributed by atoms with Crippen LogP contribution in [0.1, 0.15) is 23.0 Å². The van der Waals surface area contributed by atoms with Gasteiger partial charge in [-0.25, -0.2) is 4.79 Å². The summed E-state index contributed by atoms with van der Waals surface area (Å²) in [4.78, 5) is 37.3. The second-order valence-electron chi connectivity index (χ2n) is 6.63. The number of anilines is 1. The molecule has 0 radical (unpaired) electrons. The predicted molar refractivity (Wildman–Crippen MR) is 121 cm³/mol. The number of aryl methyl sites for hydroxylation is 1. The van der Waals surface area contributed by atoms with E-state index < -0.39 is 24.0 Å². The van der Waals surface area contributed by atoms with Crippen molar-refractivity contribution in [2.24, 2.45) is 0 Å². The number of nitrogens with one attached hydrogen (secondary N) is 1. The quantitative estimate of drug-likeness (QED) is 0.517. The van der Waals surface area contributed by atoms with Gasteiger partial charge in [0.25, 0.3) is 11.5 Å². The number of carbonyl (C=O) groups is 2. The third-order valence-corrected chi connectivity index (χ3v) is 4.95. The Morgan fingerprint density at radius 1 is 1.06 bits per heavy atom. The van der Waals surface area contributed by atoms with Crippen LogP contribution in [-0.4, -0.2) is 34.9 Å². The topological polar surface area (TPSA) is 99.5 Å². The number of benzene rings is 2. The molecule has 0 aliphatic rings. The van der Waals surface area contributed by atoms with Crippen molar-refractivity contribution >= 4 is 40.8 Å². The Kier molecular flexibility index (Phi) is 7.50. The van der Waals surface area contributed by atoms with Crippen LogP contribution in [0.15, 0.2) is 53.3 Å². The molecule has 0 aliphatic heterocycles. The maximum absolute atomic E-state index is 12.6. The Morgan fingerprint density at radius 2 is 1.78 bits per heavy atom. The Hall–Kier alpha value is -3.36. The van der Waals surface area contributed by atoms with Crippen molar-refractivity contribution in [1.82, 2.24) is 9.78 Å². The average molecular weight is 476 g/mol. The number of halogens is 2. The van der Waals surface area contributed by atoms with Crippen LogP contribution in [0.3, 0.4) is 0 Å². The lowest BCUT2D eigenvalue weighted by atomic mass is 10.2. The molecular weight excluding hydrogens is 457 g/mol. The highest BCUT2D eigenvalue weighted by Gasteiger charge is 2.20. The molecule has 8 nitrogen and oxygen atoms in total. The van der Waals surface area contributed by atoms with Crippen LogP contribution in [-0.2, 0) is 9.53 Å². The van der Waals surface area contributed by atoms with Gasteiger partial charge in [-0.15, -0.1) is 0 Å². The van der Waals surface area contributed by atoms with Gasteiger partial charge < -0.3 is 14.8 Å². The maximum Gasteiger partial charge on any atom is 0.362 e. The summed E-state index contributed by atoms with van der Waals surface area (Å²) in [7, 11) is 0. The van der Waals surface area contributed by atoms with Gasteiger partial charge >= 0.3 is 5.97 Å². The molecule has 0 unspecified atom stereocenters. The Bertz CT molecular complexity index is 1210. The van der Waals surface area contributed by atoms with Crippen molar-refractivity contribution in [2.45, 2.75) is 13.8 Å². The molecule has 1 amide bonds. The molecule has 2 aromatic carbocycles. The molecule has 0 aliphatic carbocycles. The van der Waals surface area contributed by atoms with E-state index in [9.17, 15) is 14.4 Å². The molecule has 32 heavy (non-hydrogen) atoms. The fraction of sp³-hybridized carbons (Fsp3) is 0.182. The van der Waals surface area contributed by atoms with E-state index in [2.05, 4.69) is 10.4 Å². The maximum atomic E-state index is 12.6. The van der Waals surface area contributed by atoms with Gasteiger partial charge in [-0.05, 0) is 44.2 Å². The van der Waals surface area contributed by atoms with Crippen molar-refractivity contribution in [2.75, 3.05) is 18.5 Å². The van der Waals surface area contributed by atoms with Gasteiger partial charge in [-0.1, -0.05) is 40.9 Å². The number of carbonyl (C=O) groups excluding carboxylic acids is 2. The lowest BCUT2D eigenvalue weighted by molar-refractivity contribution is -0.118. The highest BCUT2D eigenvalue weighted by molar-refractivity contribution is 6.42. The smallest absolute Gasteiger partial charge is 0.362 e. The Balaban J connectivity index is 1.84. The van der Waals surface area contributed by atoms with E-state index in [0.717, 1.165) is 16.3 Å². The zero-order chi connectivity index (χ0) is 23.3. The first-order chi connectivity index (χ1) is 15.3. The van der Waals surface area contributed by atoms with Crippen LogP contribution >= 0.6 is 23.2 Å². The molecule has 0 saturated heterocycles. The third-order valence-electron chi connectivity index (χ3n) is 4.21. The minimum atomic E-state index is -0.784. The van der Waals surface area contributed by atoms with Crippen LogP contribution in [0.25, 0.3) is 5.69 Å². The predicted octanol–water partition coefficient (Wildman–Crippen LogP) is 4.04. The van der Waals surface area contributed by atoms with Crippen LogP contribution in [0, 0.1) is 6.92 Å². The molecule has 1 N–H and O–H groups in total. The number of hydrogen-bond donors (Lipinski definition) is 1. The van der Waals surface area contributed by atoms with Gasteiger partial charge in [0.05, 0.1) is 28.4 Å². The van der Waals surface area contributed by atoms with Crippen molar-refractivity contribution in [3.8, 4) is 11.4 Å². The van der Waals surface area contributed by atoms with Crippen molar-refractivity contribution < 1.29 is 19.1 Å². The highest BCUT2D eigenvalue weighted by atomic mass is 35.5.